The molecule has 2 aromatic rings. The van der Waals surface area contributed by atoms with E-state index in [0.29, 0.717) is 18.8 Å². The van der Waals surface area contributed by atoms with E-state index in [1.165, 1.54) is 11.1 Å². The highest BCUT2D eigenvalue weighted by molar-refractivity contribution is 5.77. The maximum absolute atomic E-state index is 12.4. The minimum atomic E-state index is 0.185. The molecule has 1 saturated heterocycles. The summed E-state index contributed by atoms with van der Waals surface area (Å²) < 4.78 is 0. The number of aryl methyl sites for hydroxylation is 2. The molecule has 0 aromatic heterocycles. The quantitative estimate of drug-likeness (QED) is 0.936. The van der Waals surface area contributed by atoms with E-state index in [0.717, 1.165) is 25.1 Å². The molecule has 1 fully saturated rings. The van der Waals surface area contributed by atoms with Crippen molar-refractivity contribution in [3.63, 3.8) is 0 Å². The Bertz CT molecular complexity index is 696. The lowest BCUT2D eigenvalue weighted by Gasteiger charge is -2.18. The van der Waals surface area contributed by atoms with Crippen molar-refractivity contribution in [2.75, 3.05) is 13.1 Å². The predicted octanol–water partition coefficient (Wildman–Crippen LogP) is 3.65. The summed E-state index contributed by atoms with van der Waals surface area (Å²) >= 11 is 0. The number of nitrogens with zero attached hydrogens (tertiary/aromatic N) is 1. The van der Waals surface area contributed by atoms with Crippen LogP contribution in [-0.2, 0) is 11.2 Å². The van der Waals surface area contributed by atoms with Gasteiger partial charge in [-0.1, -0.05) is 42.5 Å². The Kier molecular flexibility index (Phi) is 4.65. The van der Waals surface area contributed by atoms with E-state index in [-0.39, 0.29) is 11.7 Å². The lowest BCUT2D eigenvalue weighted by atomic mass is 9.94. The minimum Gasteiger partial charge on any atom is -0.508 e. The summed E-state index contributed by atoms with van der Waals surface area (Å²) in [7, 11) is 0. The largest absolute Gasteiger partial charge is 0.508 e. The fourth-order valence-corrected chi connectivity index (χ4v) is 3.41. The third-order valence-corrected chi connectivity index (χ3v) is 4.77. The number of likely N-dealkylation sites (tertiary alicyclic amines) is 1. The molecule has 0 saturated carbocycles. The number of rotatable bonds is 4. The van der Waals surface area contributed by atoms with Crippen LogP contribution in [0, 0.1) is 6.92 Å². The highest BCUT2D eigenvalue weighted by atomic mass is 16.3. The zero-order valence-electron chi connectivity index (χ0n) is 13.5. The van der Waals surface area contributed by atoms with Gasteiger partial charge in [-0.2, -0.15) is 0 Å². The third-order valence-electron chi connectivity index (χ3n) is 4.77. The zero-order chi connectivity index (χ0) is 16.2. The van der Waals surface area contributed by atoms with E-state index < -0.39 is 0 Å². The van der Waals surface area contributed by atoms with Gasteiger partial charge in [-0.25, -0.2) is 0 Å². The van der Waals surface area contributed by atoms with Gasteiger partial charge in [0.25, 0.3) is 0 Å². The van der Waals surface area contributed by atoms with Crippen LogP contribution in [0.4, 0.5) is 0 Å². The summed E-state index contributed by atoms with van der Waals surface area (Å²) in [6.07, 6.45) is 2.09. The normalized spacial score (nSPS) is 17.4. The maximum Gasteiger partial charge on any atom is 0.222 e. The second kappa shape index (κ2) is 6.86. The van der Waals surface area contributed by atoms with Crippen molar-refractivity contribution >= 4 is 5.91 Å². The molecule has 1 aliphatic rings. The molecule has 3 heteroatoms. The fourth-order valence-electron chi connectivity index (χ4n) is 3.41. The number of carbonyl (C=O) groups excluding carboxylic acids is 1. The molecule has 2 aromatic carbocycles. The second-order valence-corrected chi connectivity index (χ2v) is 6.31. The number of phenolic OH excluding ortho intramolecular Hbond substituents is 1. The van der Waals surface area contributed by atoms with Gasteiger partial charge in [0.2, 0.25) is 5.91 Å². The van der Waals surface area contributed by atoms with E-state index in [2.05, 4.69) is 31.2 Å². The highest BCUT2D eigenvalue weighted by Gasteiger charge is 2.27. The van der Waals surface area contributed by atoms with E-state index in [1.54, 1.807) is 12.1 Å². The van der Waals surface area contributed by atoms with Gasteiger partial charge in [0.1, 0.15) is 5.75 Å². The summed E-state index contributed by atoms with van der Waals surface area (Å²) in [5, 5.41) is 9.79. The van der Waals surface area contributed by atoms with Crippen LogP contribution >= 0.6 is 0 Å². The second-order valence-electron chi connectivity index (χ2n) is 6.31. The molecule has 1 aliphatic heterocycles. The summed E-state index contributed by atoms with van der Waals surface area (Å²) in [5.74, 6) is 0.911. The van der Waals surface area contributed by atoms with Gasteiger partial charge in [-0.05, 0) is 42.5 Å². The SMILES string of the molecule is Cc1ccccc1[C@@H]1CCN(C(=O)CCc2ccccc2O)C1. The molecule has 3 rings (SSSR count). The van der Waals surface area contributed by atoms with E-state index >= 15 is 0 Å². The van der Waals surface area contributed by atoms with Gasteiger partial charge in [0, 0.05) is 25.4 Å². The molecule has 1 atom stereocenters. The lowest BCUT2D eigenvalue weighted by Crippen LogP contribution is -2.28. The van der Waals surface area contributed by atoms with Crippen LogP contribution in [0.5, 0.6) is 5.75 Å². The van der Waals surface area contributed by atoms with Crippen molar-refractivity contribution in [2.24, 2.45) is 0 Å². The number of phenols is 1. The smallest absolute Gasteiger partial charge is 0.222 e. The Morgan fingerprint density at radius 1 is 1.17 bits per heavy atom. The molecule has 120 valence electrons. The van der Waals surface area contributed by atoms with Crippen molar-refractivity contribution in [3.8, 4) is 5.75 Å². The first kappa shape index (κ1) is 15.6. The standard InChI is InChI=1S/C20H23NO2/c1-15-6-2-4-8-18(15)17-12-13-21(14-17)20(23)11-10-16-7-3-5-9-19(16)22/h2-9,17,22H,10-14H2,1H3/t17-/m1/s1. The molecular formula is C20H23NO2. The number of benzene rings is 2. The van der Waals surface area contributed by atoms with E-state index in [1.807, 2.05) is 17.0 Å². The van der Waals surface area contributed by atoms with Gasteiger partial charge in [0.15, 0.2) is 0 Å². The molecule has 0 radical (unpaired) electrons. The first-order valence-electron chi connectivity index (χ1n) is 8.25. The van der Waals surface area contributed by atoms with Crippen molar-refractivity contribution in [3.05, 3.63) is 65.2 Å². The Balaban J connectivity index is 1.58. The van der Waals surface area contributed by atoms with Gasteiger partial charge < -0.3 is 10.0 Å². The molecule has 0 spiro atoms. The molecular weight excluding hydrogens is 286 g/mol. The highest BCUT2D eigenvalue weighted by Crippen LogP contribution is 2.30. The molecule has 1 N–H and O–H groups in total. The number of hydrogen-bond acceptors (Lipinski definition) is 2. The van der Waals surface area contributed by atoms with Crippen LogP contribution in [0.15, 0.2) is 48.5 Å². The van der Waals surface area contributed by atoms with Gasteiger partial charge >= 0.3 is 0 Å². The molecule has 0 unspecified atom stereocenters. The topological polar surface area (TPSA) is 40.5 Å². The Labute approximate surface area is 137 Å². The van der Waals surface area contributed by atoms with Crippen LogP contribution in [0.1, 0.15) is 35.4 Å². The number of amides is 1. The van der Waals surface area contributed by atoms with Gasteiger partial charge in [0.05, 0.1) is 0 Å². The first-order valence-corrected chi connectivity index (χ1v) is 8.25. The number of para-hydroxylation sites is 1. The first-order chi connectivity index (χ1) is 11.1. The number of carbonyl (C=O) groups is 1. The molecule has 1 heterocycles. The summed E-state index contributed by atoms with van der Waals surface area (Å²) in [4.78, 5) is 14.4. The van der Waals surface area contributed by atoms with Gasteiger partial charge in [-0.3, -0.25) is 4.79 Å². The summed E-state index contributed by atoms with van der Waals surface area (Å²) in [6.45, 7) is 3.78. The van der Waals surface area contributed by atoms with Crippen molar-refractivity contribution in [1.29, 1.82) is 0 Å². The molecule has 0 aliphatic carbocycles. The number of aromatic hydroxyl groups is 1. The minimum absolute atomic E-state index is 0.185. The van der Waals surface area contributed by atoms with Crippen LogP contribution < -0.4 is 0 Å². The monoisotopic (exact) mass is 309 g/mol. The van der Waals surface area contributed by atoms with Crippen LogP contribution in [0.25, 0.3) is 0 Å². The Morgan fingerprint density at radius 2 is 1.91 bits per heavy atom. The average Bonchev–Trinajstić information content (AvgIpc) is 3.04. The molecule has 3 nitrogen and oxygen atoms in total. The Morgan fingerprint density at radius 3 is 2.70 bits per heavy atom. The number of hydrogen-bond donors (Lipinski definition) is 1. The fraction of sp³-hybridized carbons (Fsp3) is 0.350. The molecule has 23 heavy (non-hydrogen) atoms. The van der Waals surface area contributed by atoms with Crippen molar-refractivity contribution < 1.29 is 9.90 Å². The lowest BCUT2D eigenvalue weighted by molar-refractivity contribution is -0.130. The van der Waals surface area contributed by atoms with Crippen molar-refractivity contribution in [1.82, 2.24) is 4.90 Å². The predicted molar refractivity (Wildman–Crippen MR) is 91.5 cm³/mol. The summed E-state index contributed by atoms with van der Waals surface area (Å²) in [6, 6.07) is 15.7. The Hall–Kier alpha value is -2.29. The van der Waals surface area contributed by atoms with E-state index in [4.69, 9.17) is 0 Å². The van der Waals surface area contributed by atoms with Crippen LogP contribution in [0.3, 0.4) is 0 Å². The average molecular weight is 309 g/mol. The van der Waals surface area contributed by atoms with Gasteiger partial charge in [-0.15, -0.1) is 0 Å². The van der Waals surface area contributed by atoms with Crippen molar-refractivity contribution in [2.45, 2.75) is 32.1 Å². The van der Waals surface area contributed by atoms with Crippen LogP contribution in [0.2, 0.25) is 0 Å². The summed E-state index contributed by atoms with van der Waals surface area (Å²) in [5.41, 5.74) is 3.51. The maximum atomic E-state index is 12.4. The third kappa shape index (κ3) is 3.55. The zero-order valence-corrected chi connectivity index (χ0v) is 13.5. The van der Waals surface area contributed by atoms with E-state index in [9.17, 15) is 9.90 Å². The molecule has 0 bridgehead atoms. The molecule has 1 amide bonds. The van der Waals surface area contributed by atoms with Crippen LogP contribution in [-0.4, -0.2) is 29.0 Å².